The molecular formula is C15H16N2O2. The normalized spacial score (nSPS) is 11.8. The minimum atomic E-state index is -1.00. The largest absolute Gasteiger partial charge is 0.480 e. The van der Waals surface area contributed by atoms with Crippen molar-refractivity contribution in [2.24, 2.45) is 5.73 Å². The molecule has 0 aromatic heterocycles. The number of hydrogen-bond donors (Lipinski definition) is 2. The highest BCUT2D eigenvalue weighted by atomic mass is 16.4. The highest BCUT2D eigenvalue weighted by Crippen LogP contribution is 2.24. The minimum absolute atomic E-state index is 0.226. The topological polar surface area (TPSA) is 66.6 Å². The Bertz CT molecular complexity index is 489. The van der Waals surface area contributed by atoms with Gasteiger partial charge in [-0.3, -0.25) is 4.79 Å². The second-order valence-corrected chi connectivity index (χ2v) is 4.23. The Labute approximate surface area is 112 Å². The average molecular weight is 256 g/mol. The van der Waals surface area contributed by atoms with Crippen LogP contribution in [0.1, 0.15) is 0 Å². The van der Waals surface area contributed by atoms with Gasteiger partial charge in [0.2, 0.25) is 0 Å². The van der Waals surface area contributed by atoms with Crippen LogP contribution in [-0.4, -0.2) is 23.7 Å². The van der Waals surface area contributed by atoms with E-state index in [2.05, 4.69) is 0 Å². The molecule has 2 aromatic carbocycles. The third-order valence-corrected chi connectivity index (χ3v) is 2.83. The van der Waals surface area contributed by atoms with Crippen LogP contribution >= 0.6 is 0 Å². The number of rotatable bonds is 5. The predicted octanol–water partition coefficient (Wildman–Crippen LogP) is 2.24. The summed E-state index contributed by atoms with van der Waals surface area (Å²) in [4.78, 5) is 12.8. The molecule has 0 bridgehead atoms. The molecule has 0 radical (unpaired) electrons. The first-order chi connectivity index (χ1) is 9.18. The molecule has 0 saturated carbocycles. The third kappa shape index (κ3) is 3.33. The number of anilines is 2. The van der Waals surface area contributed by atoms with E-state index in [1.54, 1.807) is 0 Å². The first-order valence-electron chi connectivity index (χ1n) is 6.04. The maximum Gasteiger partial charge on any atom is 0.322 e. The molecular weight excluding hydrogens is 240 g/mol. The van der Waals surface area contributed by atoms with E-state index in [0.29, 0.717) is 0 Å². The first kappa shape index (κ1) is 13.1. The lowest BCUT2D eigenvalue weighted by atomic mass is 10.2. The van der Waals surface area contributed by atoms with Gasteiger partial charge in [-0.25, -0.2) is 0 Å². The SMILES string of the molecule is N[C@@H](CN(c1ccccc1)c1ccccc1)C(=O)O. The van der Waals surface area contributed by atoms with Crippen LogP contribution in [0.25, 0.3) is 0 Å². The van der Waals surface area contributed by atoms with Crippen molar-refractivity contribution >= 4 is 17.3 Å². The van der Waals surface area contributed by atoms with Crippen LogP contribution in [0.2, 0.25) is 0 Å². The molecule has 0 fully saturated rings. The fraction of sp³-hybridized carbons (Fsp3) is 0.133. The summed E-state index contributed by atoms with van der Waals surface area (Å²) in [6, 6.07) is 18.3. The molecule has 98 valence electrons. The van der Waals surface area contributed by atoms with Gasteiger partial charge < -0.3 is 15.7 Å². The zero-order chi connectivity index (χ0) is 13.7. The van der Waals surface area contributed by atoms with Gasteiger partial charge in [-0.1, -0.05) is 36.4 Å². The van der Waals surface area contributed by atoms with Gasteiger partial charge in [-0.2, -0.15) is 0 Å². The van der Waals surface area contributed by atoms with Crippen LogP contribution < -0.4 is 10.6 Å². The highest BCUT2D eigenvalue weighted by molar-refractivity contribution is 5.75. The second kappa shape index (κ2) is 6.02. The van der Waals surface area contributed by atoms with E-state index in [1.165, 1.54) is 0 Å². The van der Waals surface area contributed by atoms with Crippen LogP contribution in [0.5, 0.6) is 0 Å². The van der Waals surface area contributed by atoms with Crippen LogP contribution in [0.3, 0.4) is 0 Å². The van der Waals surface area contributed by atoms with E-state index < -0.39 is 12.0 Å². The van der Waals surface area contributed by atoms with Crippen molar-refractivity contribution in [2.45, 2.75) is 6.04 Å². The van der Waals surface area contributed by atoms with Gasteiger partial charge in [-0.05, 0) is 24.3 Å². The lowest BCUT2D eigenvalue weighted by molar-refractivity contribution is -0.138. The molecule has 0 aliphatic carbocycles. The summed E-state index contributed by atoms with van der Waals surface area (Å²) in [5.41, 5.74) is 7.49. The summed E-state index contributed by atoms with van der Waals surface area (Å²) >= 11 is 0. The zero-order valence-electron chi connectivity index (χ0n) is 10.4. The van der Waals surface area contributed by atoms with Crippen molar-refractivity contribution in [3.8, 4) is 0 Å². The predicted molar refractivity (Wildman–Crippen MR) is 75.5 cm³/mol. The van der Waals surface area contributed by atoms with Gasteiger partial charge in [0.15, 0.2) is 0 Å². The van der Waals surface area contributed by atoms with E-state index in [4.69, 9.17) is 10.8 Å². The number of nitrogens with zero attached hydrogens (tertiary/aromatic N) is 1. The molecule has 0 aliphatic rings. The Morgan fingerprint density at radius 2 is 1.42 bits per heavy atom. The smallest absolute Gasteiger partial charge is 0.322 e. The molecule has 0 aliphatic heterocycles. The quantitative estimate of drug-likeness (QED) is 0.861. The number of carboxylic acid groups (broad SMARTS) is 1. The van der Waals surface area contributed by atoms with Crippen LogP contribution in [0.15, 0.2) is 60.7 Å². The Morgan fingerprint density at radius 3 is 1.79 bits per heavy atom. The van der Waals surface area contributed by atoms with E-state index >= 15 is 0 Å². The number of aliphatic carboxylic acids is 1. The summed E-state index contributed by atoms with van der Waals surface area (Å²) in [6.07, 6.45) is 0. The molecule has 0 heterocycles. The van der Waals surface area contributed by atoms with Gasteiger partial charge in [-0.15, -0.1) is 0 Å². The molecule has 0 unspecified atom stereocenters. The Hall–Kier alpha value is -2.33. The Balaban J connectivity index is 2.32. The van der Waals surface area contributed by atoms with Crippen LogP contribution in [0, 0.1) is 0 Å². The average Bonchev–Trinajstić information content (AvgIpc) is 2.46. The number of benzene rings is 2. The van der Waals surface area contributed by atoms with Crippen molar-refractivity contribution in [3.05, 3.63) is 60.7 Å². The standard InChI is InChI=1S/C15H16N2O2/c16-14(15(18)19)11-17(12-7-3-1-4-8-12)13-9-5-2-6-10-13/h1-10,14H,11,16H2,(H,18,19)/t14-/m0/s1. The summed E-state index contributed by atoms with van der Waals surface area (Å²) in [6.45, 7) is 0.226. The number of para-hydroxylation sites is 2. The molecule has 19 heavy (non-hydrogen) atoms. The van der Waals surface area contributed by atoms with Crippen molar-refractivity contribution < 1.29 is 9.90 Å². The van der Waals surface area contributed by atoms with Crippen molar-refractivity contribution in [3.63, 3.8) is 0 Å². The molecule has 0 spiro atoms. The lowest BCUT2D eigenvalue weighted by Crippen LogP contribution is -2.41. The van der Waals surface area contributed by atoms with E-state index in [9.17, 15) is 4.79 Å². The molecule has 3 N–H and O–H groups in total. The van der Waals surface area contributed by atoms with Crippen molar-refractivity contribution in [1.82, 2.24) is 0 Å². The van der Waals surface area contributed by atoms with E-state index in [-0.39, 0.29) is 6.54 Å². The number of carbonyl (C=O) groups is 1. The Morgan fingerprint density at radius 1 is 1.00 bits per heavy atom. The number of carboxylic acids is 1. The lowest BCUT2D eigenvalue weighted by Gasteiger charge is -2.26. The molecule has 4 heteroatoms. The number of hydrogen-bond acceptors (Lipinski definition) is 3. The second-order valence-electron chi connectivity index (χ2n) is 4.23. The molecule has 4 nitrogen and oxygen atoms in total. The van der Waals surface area contributed by atoms with Gasteiger partial charge in [0.25, 0.3) is 0 Å². The zero-order valence-corrected chi connectivity index (χ0v) is 10.4. The van der Waals surface area contributed by atoms with Crippen LogP contribution in [-0.2, 0) is 4.79 Å². The first-order valence-corrected chi connectivity index (χ1v) is 6.04. The monoisotopic (exact) mass is 256 g/mol. The summed E-state index contributed by atoms with van der Waals surface area (Å²) in [5.74, 6) is -1.00. The fourth-order valence-electron chi connectivity index (χ4n) is 1.85. The van der Waals surface area contributed by atoms with E-state index in [0.717, 1.165) is 11.4 Å². The van der Waals surface area contributed by atoms with Crippen molar-refractivity contribution in [1.29, 1.82) is 0 Å². The van der Waals surface area contributed by atoms with Crippen molar-refractivity contribution in [2.75, 3.05) is 11.4 Å². The van der Waals surface area contributed by atoms with Gasteiger partial charge in [0.1, 0.15) is 6.04 Å². The molecule has 2 aromatic rings. The van der Waals surface area contributed by atoms with E-state index in [1.807, 2.05) is 65.6 Å². The molecule has 2 rings (SSSR count). The summed E-state index contributed by atoms with van der Waals surface area (Å²) in [7, 11) is 0. The van der Waals surface area contributed by atoms with Gasteiger partial charge in [0.05, 0.1) is 0 Å². The summed E-state index contributed by atoms with van der Waals surface area (Å²) in [5, 5.41) is 8.97. The minimum Gasteiger partial charge on any atom is -0.480 e. The summed E-state index contributed by atoms with van der Waals surface area (Å²) < 4.78 is 0. The maximum atomic E-state index is 10.9. The molecule has 0 amide bonds. The Kier molecular flexibility index (Phi) is 4.15. The fourth-order valence-corrected chi connectivity index (χ4v) is 1.85. The molecule has 0 saturated heterocycles. The highest BCUT2D eigenvalue weighted by Gasteiger charge is 2.18. The van der Waals surface area contributed by atoms with Gasteiger partial charge >= 0.3 is 5.97 Å². The third-order valence-electron chi connectivity index (χ3n) is 2.83. The van der Waals surface area contributed by atoms with Crippen LogP contribution in [0.4, 0.5) is 11.4 Å². The number of nitrogens with two attached hydrogens (primary N) is 1. The van der Waals surface area contributed by atoms with Gasteiger partial charge in [0, 0.05) is 17.9 Å². The maximum absolute atomic E-state index is 10.9. The molecule has 1 atom stereocenters.